The number of likely N-dealkylation sites (N-methyl/N-ethyl adjacent to an activating group) is 1. The standard InChI is InChI=1S/C18H28N2O3/c1-5-6-14-11-20(12-16(14)19(2)3)10-13-7-8-17(23-4)15(9-13)18(21)22/h7-9,14,16H,5-6,10-12H2,1-4H3,(H,21,22)/t14-,16-/m0/s1. The molecule has 0 bridgehead atoms. The minimum atomic E-state index is -0.944. The molecule has 0 aliphatic carbocycles. The molecule has 2 rings (SSSR count). The number of benzene rings is 1. The van der Waals surface area contributed by atoms with Gasteiger partial charge in [-0.1, -0.05) is 19.4 Å². The molecule has 2 atom stereocenters. The van der Waals surface area contributed by atoms with E-state index in [2.05, 4.69) is 30.8 Å². The van der Waals surface area contributed by atoms with Gasteiger partial charge in [-0.05, 0) is 44.1 Å². The SMILES string of the molecule is CCC[C@H]1CN(Cc2ccc(OC)c(C(=O)O)c2)C[C@@H]1N(C)C. The highest BCUT2D eigenvalue weighted by molar-refractivity contribution is 5.91. The molecule has 0 spiro atoms. The fourth-order valence-corrected chi connectivity index (χ4v) is 3.59. The summed E-state index contributed by atoms with van der Waals surface area (Å²) >= 11 is 0. The van der Waals surface area contributed by atoms with Crippen LogP contribution in [0.25, 0.3) is 0 Å². The van der Waals surface area contributed by atoms with Gasteiger partial charge in [0.25, 0.3) is 0 Å². The van der Waals surface area contributed by atoms with Gasteiger partial charge in [0.05, 0.1) is 7.11 Å². The predicted octanol–water partition coefficient (Wildman–Crippen LogP) is 2.56. The van der Waals surface area contributed by atoms with E-state index in [-0.39, 0.29) is 5.56 Å². The monoisotopic (exact) mass is 320 g/mol. The third-order valence-corrected chi connectivity index (χ3v) is 4.71. The lowest BCUT2D eigenvalue weighted by atomic mass is 9.98. The summed E-state index contributed by atoms with van der Waals surface area (Å²) in [7, 11) is 5.79. The number of rotatable bonds is 7. The molecule has 0 radical (unpaired) electrons. The van der Waals surface area contributed by atoms with Crippen LogP contribution in [0.5, 0.6) is 5.75 Å². The average Bonchev–Trinajstić information content (AvgIpc) is 2.90. The van der Waals surface area contributed by atoms with Gasteiger partial charge in [-0.3, -0.25) is 4.90 Å². The zero-order chi connectivity index (χ0) is 17.0. The van der Waals surface area contributed by atoms with Crippen molar-refractivity contribution in [1.82, 2.24) is 9.80 Å². The van der Waals surface area contributed by atoms with Gasteiger partial charge >= 0.3 is 5.97 Å². The minimum Gasteiger partial charge on any atom is -0.496 e. The predicted molar refractivity (Wildman–Crippen MR) is 91.1 cm³/mol. The van der Waals surface area contributed by atoms with Crippen molar-refractivity contribution in [2.75, 3.05) is 34.3 Å². The number of methoxy groups -OCH3 is 1. The molecule has 1 fully saturated rings. The molecule has 1 aliphatic heterocycles. The van der Waals surface area contributed by atoms with Crippen LogP contribution < -0.4 is 4.74 Å². The number of likely N-dealkylation sites (tertiary alicyclic amines) is 1. The summed E-state index contributed by atoms with van der Waals surface area (Å²) in [4.78, 5) is 16.1. The van der Waals surface area contributed by atoms with Gasteiger partial charge in [0.1, 0.15) is 11.3 Å². The van der Waals surface area contributed by atoms with Crippen molar-refractivity contribution in [2.24, 2.45) is 5.92 Å². The van der Waals surface area contributed by atoms with E-state index < -0.39 is 5.97 Å². The van der Waals surface area contributed by atoms with Crippen molar-refractivity contribution in [3.63, 3.8) is 0 Å². The van der Waals surface area contributed by atoms with Crippen LogP contribution in [0.15, 0.2) is 18.2 Å². The summed E-state index contributed by atoms with van der Waals surface area (Å²) in [6.07, 6.45) is 2.44. The lowest BCUT2D eigenvalue weighted by molar-refractivity contribution is 0.0693. The lowest BCUT2D eigenvalue weighted by Crippen LogP contribution is -2.35. The molecule has 1 aromatic rings. The van der Waals surface area contributed by atoms with Crippen molar-refractivity contribution in [2.45, 2.75) is 32.4 Å². The second kappa shape index (κ2) is 7.79. The zero-order valence-corrected chi connectivity index (χ0v) is 14.6. The van der Waals surface area contributed by atoms with E-state index >= 15 is 0 Å². The second-order valence-electron chi connectivity index (χ2n) is 6.61. The highest BCUT2D eigenvalue weighted by Crippen LogP contribution is 2.27. The molecule has 1 heterocycles. The maximum atomic E-state index is 11.3. The third-order valence-electron chi connectivity index (χ3n) is 4.71. The number of carboxylic acid groups (broad SMARTS) is 1. The first-order valence-electron chi connectivity index (χ1n) is 8.25. The number of carbonyl (C=O) groups is 1. The summed E-state index contributed by atoms with van der Waals surface area (Å²) in [5, 5.41) is 9.31. The Balaban J connectivity index is 2.10. The Bertz CT molecular complexity index is 545. The van der Waals surface area contributed by atoms with Crippen molar-refractivity contribution in [3.05, 3.63) is 29.3 Å². The molecule has 0 unspecified atom stereocenters. The molecule has 5 nitrogen and oxygen atoms in total. The van der Waals surface area contributed by atoms with Crippen molar-refractivity contribution < 1.29 is 14.6 Å². The van der Waals surface area contributed by atoms with Gasteiger partial charge in [-0.2, -0.15) is 0 Å². The normalized spacial score (nSPS) is 21.8. The van der Waals surface area contributed by atoms with Gasteiger partial charge in [0, 0.05) is 25.7 Å². The molecule has 1 saturated heterocycles. The molecule has 1 aliphatic rings. The Morgan fingerprint density at radius 1 is 1.39 bits per heavy atom. The fraction of sp³-hybridized carbons (Fsp3) is 0.611. The minimum absolute atomic E-state index is 0.235. The number of hydrogen-bond acceptors (Lipinski definition) is 4. The molecule has 0 amide bonds. The van der Waals surface area contributed by atoms with E-state index in [9.17, 15) is 9.90 Å². The first-order chi connectivity index (χ1) is 11.0. The molecular weight excluding hydrogens is 292 g/mol. The first kappa shape index (κ1) is 17.8. The summed E-state index contributed by atoms with van der Waals surface area (Å²) in [5.74, 6) is 0.157. The van der Waals surface area contributed by atoms with E-state index in [1.807, 2.05) is 6.07 Å². The molecule has 1 N–H and O–H groups in total. The van der Waals surface area contributed by atoms with Crippen molar-refractivity contribution in [3.8, 4) is 5.75 Å². The summed E-state index contributed by atoms with van der Waals surface area (Å²) in [6, 6.07) is 6.02. The van der Waals surface area contributed by atoms with Gasteiger partial charge in [-0.25, -0.2) is 4.79 Å². The highest BCUT2D eigenvalue weighted by Gasteiger charge is 2.33. The highest BCUT2D eigenvalue weighted by atomic mass is 16.5. The van der Waals surface area contributed by atoms with Crippen LogP contribution >= 0.6 is 0 Å². The molecule has 0 aromatic heterocycles. The molecule has 1 aromatic carbocycles. The average molecular weight is 320 g/mol. The Morgan fingerprint density at radius 3 is 2.70 bits per heavy atom. The van der Waals surface area contributed by atoms with Gasteiger partial charge in [-0.15, -0.1) is 0 Å². The van der Waals surface area contributed by atoms with E-state index in [0.29, 0.717) is 17.7 Å². The Labute approximate surface area is 138 Å². The van der Waals surface area contributed by atoms with Gasteiger partial charge < -0.3 is 14.7 Å². The summed E-state index contributed by atoms with van der Waals surface area (Å²) in [5.41, 5.74) is 1.26. The van der Waals surface area contributed by atoms with E-state index in [1.165, 1.54) is 20.0 Å². The third kappa shape index (κ3) is 4.24. The second-order valence-corrected chi connectivity index (χ2v) is 6.61. The number of hydrogen-bond donors (Lipinski definition) is 1. The van der Waals surface area contributed by atoms with Crippen LogP contribution in [0.4, 0.5) is 0 Å². The van der Waals surface area contributed by atoms with Crippen LogP contribution in [0.1, 0.15) is 35.7 Å². The molecule has 0 saturated carbocycles. The fourth-order valence-electron chi connectivity index (χ4n) is 3.59. The number of ether oxygens (including phenoxy) is 1. The van der Waals surface area contributed by atoms with Gasteiger partial charge in [0.2, 0.25) is 0 Å². The van der Waals surface area contributed by atoms with Crippen LogP contribution in [0.3, 0.4) is 0 Å². The largest absolute Gasteiger partial charge is 0.496 e. The molecule has 23 heavy (non-hydrogen) atoms. The maximum Gasteiger partial charge on any atom is 0.339 e. The van der Waals surface area contributed by atoms with Crippen LogP contribution in [-0.4, -0.2) is 61.2 Å². The summed E-state index contributed by atoms with van der Waals surface area (Å²) in [6.45, 7) is 5.13. The van der Waals surface area contributed by atoms with Crippen molar-refractivity contribution >= 4 is 5.97 Å². The Morgan fingerprint density at radius 2 is 2.13 bits per heavy atom. The first-order valence-corrected chi connectivity index (χ1v) is 8.25. The topological polar surface area (TPSA) is 53.0 Å². The quantitative estimate of drug-likeness (QED) is 0.837. The number of carboxylic acids is 1. The number of nitrogens with zero attached hydrogens (tertiary/aromatic N) is 2. The Kier molecular flexibility index (Phi) is 6.02. The molecular formula is C18H28N2O3. The molecule has 128 valence electrons. The van der Waals surface area contributed by atoms with Crippen LogP contribution in [0, 0.1) is 5.92 Å². The van der Waals surface area contributed by atoms with Gasteiger partial charge in [0.15, 0.2) is 0 Å². The Hall–Kier alpha value is -1.59. The maximum absolute atomic E-state index is 11.3. The van der Waals surface area contributed by atoms with E-state index in [0.717, 1.165) is 25.2 Å². The number of aromatic carboxylic acids is 1. The van der Waals surface area contributed by atoms with E-state index in [1.54, 1.807) is 12.1 Å². The van der Waals surface area contributed by atoms with E-state index in [4.69, 9.17) is 4.74 Å². The summed E-state index contributed by atoms with van der Waals surface area (Å²) < 4.78 is 5.13. The van der Waals surface area contributed by atoms with Crippen LogP contribution in [0.2, 0.25) is 0 Å². The lowest BCUT2D eigenvalue weighted by Gasteiger charge is -2.24. The van der Waals surface area contributed by atoms with Crippen molar-refractivity contribution in [1.29, 1.82) is 0 Å². The molecule has 5 heteroatoms. The van der Waals surface area contributed by atoms with Crippen LogP contribution in [-0.2, 0) is 6.54 Å². The smallest absolute Gasteiger partial charge is 0.339 e. The zero-order valence-electron chi connectivity index (χ0n) is 14.6.